The van der Waals surface area contributed by atoms with Crippen molar-refractivity contribution in [1.29, 1.82) is 0 Å². The molecule has 1 saturated carbocycles. The molecular weight excluding hydrogens is 400 g/mol. The van der Waals surface area contributed by atoms with Gasteiger partial charge in [-0.25, -0.2) is 8.42 Å². The molecule has 1 aromatic carbocycles. The minimum Gasteiger partial charge on any atom is -0.381 e. The van der Waals surface area contributed by atoms with Crippen molar-refractivity contribution in [2.75, 3.05) is 26.3 Å². The van der Waals surface area contributed by atoms with Crippen molar-refractivity contribution in [2.24, 2.45) is 5.92 Å². The summed E-state index contributed by atoms with van der Waals surface area (Å²) in [4.78, 5) is 15.5. The highest BCUT2D eigenvalue weighted by molar-refractivity contribution is 7.89. The van der Waals surface area contributed by atoms with Crippen LogP contribution in [0.2, 0.25) is 0 Å². The lowest BCUT2D eigenvalue weighted by molar-refractivity contribution is -0.141. The van der Waals surface area contributed by atoms with Gasteiger partial charge in [-0.15, -0.1) is 0 Å². The zero-order valence-electron chi connectivity index (χ0n) is 18.1. The quantitative estimate of drug-likeness (QED) is 0.688. The van der Waals surface area contributed by atoms with E-state index in [9.17, 15) is 13.2 Å². The summed E-state index contributed by atoms with van der Waals surface area (Å²) in [6, 6.07) is 7.64. The van der Waals surface area contributed by atoms with Crippen molar-refractivity contribution in [3.05, 3.63) is 29.8 Å². The highest BCUT2D eigenvalue weighted by Gasteiger charge is 2.41. The molecule has 4 rings (SSSR count). The van der Waals surface area contributed by atoms with Gasteiger partial charge >= 0.3 is 0 Å². The monoisotopic (exact) mass is 434 g/mol. The van der Waals surface area contributed by atoms with Gasteiger partial charge in [-0.1, -0.05) is 26.0 Å². The number of hydrogen-bond donors (Lipinski definition) is 0. The van der Waals surface area contributed by atoms with Crippen LogP contribution in [0.3, 0.4) is 0 Å². The predicted octanol–water partition coefficient (Wildman–Crippen LogP) is 3.38. The van der Waals surface area contributed by atoms with Crippen molar-refractivity contribution in [2.45, 2.75) is 75.3 Å². The van der Waals surface area contributed by atoms with Gasteiger partial charge in [0.2, 0.25) is 15.9 Å². The third kappa shape index (κ3) is 4.58. The molecule has 0 spiro atoms. The van der Waals surface area contributed by atoms with Gasteiger partial charge in [0.1, 0.15) is 0 Å². The molecule has 3 aliphatic rings. The molecule has 30 heavy (non-hydrogen) atoms. The molecule has 0 atom stereocenters. The van der Waals surface area contributed by atoms with E-state index in [0.29, 0.717) is 50.0 Å². The Morgan fingerprint density at radius 3 is 2.07 bits per heavy atom. The van der Waals surface area contributed by atoms with Gasteiger partial charge in [0.15, 0.2) is 0 Å². The molecule has 1 aliphatic carbocycles. The minimum atomic E-state index is -3.49. The van der Waals surface area contributed by atoms with Crippen LogP contribution in [0.15, 0.2) is 29.2 Å². The Kier molecular flexibility index (Phi) is 6.51. The third-order valence-corrected chi connectivity index (χ3v) is 8.68. The lowest BCUT2D eigenvalue weighted by atomic mass is 9.98. The molecule has 2 heterocycles. The summed E-state index contributed by atoms with van der Waals surface area (Å²) in [7, 11) is -3.49. The van der Waals surface area contributed by atoms with Crippen molar-refractivity contribution < 1.29 is 17.9 Å². The fourth-order valence-electron chi connectivity index (χ4n) is 4.70. The molecule has 2 aliphatic heterocycles. The molecule has 0 bridgehead atoms. The third-order valence-electron chi connectivity index (χ3n) is 6.77. The SMILES string of the molecule is CC(C)c1ccc(S(=O)(=O)N2CCC(N(C(=O)C3CC3)C3CCOCC3)CC2)cc1. The number of sulfonamides is 1. The van der Waals surface area contributed by atoms with E-state index >= 15 is 0 Å². The first kappa shape index (κ1) is 21.8. The van der Waals surface area contributed by atoms with Crippen LogP contribution in [0.25, 0.3) is 0 Å². The van der Waals surface area contributed by atoms with Crippen LogP contribution in [0, 0.1) is 5.92 Å². The van der Waals surface area contributed by atoms with Gasteiger partial charge in [-0.05, 0) is 62.1 Å². The highest BCUT2D eigenvalue weighted by Crippen LogP contribution is 2.35. The number of piperidine rings is 1. The van der Waals surface area contributed by atoms with Crippen LogP contribution < -0.4 is 0 Å². The second kappa shape index (κ2) is 8.97. The van der Waals surface area contributed by atoms with Gasteiger partial charge in [0, 0.05) is 44.3 Å². The number of amides is 1. The summed E-state index contributed by atoms with van der Waals surface area (Å²) < 4.78 is 33.4. The van der Waals surface area contributed by atoms with Crippen LogP contribution in [0.5, 0.6) is 0 Å². The molecular formula is C23H34N2O4S. The number of carbonyl (C=O) groups excluding carboxylic acids is 1. The Hall–Kier alpha value is -1.44. The molecule has 7 heteroatoms. The molecule has 1 aromatic rings. The lowest BCUT2D eigenvalue weighted by Crippen LogP contribution is -2.54. The number of benzene rings is 1. The van der Waals surface area contributed by atoms with Crippen LogP contribution in [0.4, 0.5) is 0 Å². The summed E-state index contributed by atoms with van der Waals surface area (Å²) in [6.45, 7) is 6.55. The van der Waals surface area contributed by atoms with E-state index in [1.807, 2.05) is 12.1 Å². The Morgan fingerprint density at radius 1 is 0.967 bits per heavy atom. The van der Waals surface area contributed by atoms with Crippen molar-refractivity contribution >= 4 is 15.9 Å². The van der Waals surface area contributed by atoms with Crippen LogP contribution >= 0.6 is 0 Å². The van der Waals surface area contributed by atoms with Gasteiger partial charge in [0.05, 0.1) is 4.90 Å². The number of ether oxygens (including phenoxy) is 1. The maximum absolute atomic E-state index is 13.1. The Balaban J connectivity index is 1.44. The van der Waals surface area contributed by atoms with Crippen LogP contribution in [-0.2, 0) is 19.6 Å². The van der Waals surface area contributed by atoms with E-state index in [2.05, 4.69) is 18.7 Å². The number of nitrogens with zero attached hydrogens (tertiary/aromatic N) is 2. The normalized spacial score (nSPS) is 22.4. The predicted molar refractivity (Wildman–Crippen MR) is 116 cm³/mol. The average molecular weight is 435 g/mol. The molecule has 0 aromatic heterocycles. The van der Waals surface area contributed by atoms with E-state index in [0.717, 1.165) is 31.2 Å². The summed E-state index contributed by atoms with van der Waals surface area (Å²) in [5.74, 6) is 0.847. The molecule has 6 nitrogen and oxygen atoms in total. The summed E-state index contributed by atoms with van der Waals surface area (Å²) >= 11 is 0. The fourth-order valence-corrected chi connectivity index (χ4v) is 6.17. The Bertz CT molecular complexity index is 834. The first-order valence-electron chi connectivity index (χ1n) is 11.4. The maximum atomic E-state index is 13.1. The fraction of sp³-hybridized carbons (Fsp3) is 0.696. The average Bonchev–Trinajstić information content (AvgIpc) is 3.61. The van der Waals surface area contributed by atoms with Crippen LogP contribution in [0.1, 0.15) is 63.9 Å². The summed E-state index contributed by atoms with van der Waals surface area (Å²) in [6.07, 6.45) is 5.19. The number of rotatable bonds is 6. The topological polar surface area (TPSA) is 66.9 Å². The van der Waals surface area contributed by atoms with Crippen molar-refractivity contribution in [3.8, 4) is 0 Å². The van der Waals surface area contributed by atoms with Gasteiger partial charge in [-0.2, -0.15) is 4.31 Å². The van der Waals surface area contributed by atoms with E-state index in [1.165, 1.54) is 0 Å². The standard InChI is InChI=1S/C23H34N2O4S/c1-17(2)18-5-7-22(8-6-18)30(27,28)24-13-9-20(10-14-24)25(23(26)19-3-4-19)21-11-15-29-16-12-21/h5-8,17,19-21H,3-4,9-16H2,1-2H3. The van der Waals surface area contributed by atoms with Crippen molar-refractivity contribution in [3.63, 3.8) is 0 Å². The molecule has 166 valence electrons. The smallest absolute Gasteiger partial charge is 0.243 e. The summed E-state index contributed by atoms with van der Waals surface area (Å²) in [5.41, 5.74) is 1.14. The Morgan fingerprint density at radius 2 is 1.53 bits per heavy atom. The van der Waals surface area contributed by atoms with E-state index in [1.54, 1.807) is 16.4 Å². The molecule has 0 N–H and O–H groups in total. The van der Waals surface area contributed by atoms with Crippen molar-refractivity contribution in [1.82, 2.24) is 9.21 Å². The van der Waals surface area contributed by atoms with Gasteiger partial charge in [-0.3, -0.25) is 4.79 Å². The molecule has 0 unspecified atom stereocenters. The molecule has 1 amide bonds. The zero-order chi connectivity index (χ0) is 21.3. The minimum absolute atomic E-state index is 0.135. The zero-order valence-corrected chi connectivity index (χ0v) is 18.9. The van der Waals surface area contributed by atoms with Gasteiger partial charge in [0.25, 0.3) is 0 Å². The Labute approximate surface area is 180 Å². The highest BCUT2D eigenvalue weighted by atomic mass is 32.2. The van der Waals surface area contributed by atoms with Crippen LogP contribution in [-0.4, -0.2) is 61.9 Å². The first-order valence-corrected chi connectivity index (χ1v) is 12.8. The largest absolute Gasteiger partial charge is 0.381 e. The summed E-state index contributed by atoms with van der Waals surface area (Å²) in [5, 5.41) is 0. The first-order chi connectivity index (χ1) is 14.4. The second-order valence-electron chi connectivity index (χ2n) is 9.22. The molecule has 2 saturated heterocycles. The number of hydrogen-bond acceptors (Lipinski definition) is 4. The van der Waals surface area contributed by atoms with E-state index in [-0.39, 0.29) is 23.9 Å². The molecule has 0 radical (unpaired) electrons. The van der Waals surface area contributed by atoms with Gasteiger partial charge < -0.3 is 9.64 Å². The number of carbonyl (C=O) groups is 1. The van der Waals surface area contributed by atoms with E-state index in [4.69, 9.17) is 4.74 Å². The van der Waals surface area contributed by atoms with E-state index < -0.39 is 10.0 Å². The molecule has 3 fully saturated rings. The lowest BCUT2D eigenvalue weighted by Gasteiger charge is -2.43. The maximum Gasteiger partial charge on any atom is 0.243 e. The second-order valence-corrected chi connectivity index (χ2v) is 11.2.